The minimum atomic E-state index is -0.616. The lowest BCUT2D eigenvalue weighted by Crippen LogP contribution is -2.47. The predicted molar refractivity (Wildman–Crippen MR) is 66.8 cm³/mol. The van der Waals surface area contributed by atoms with Gasteiger partial charge in [0.2, 0.25) is 5.95 Å². The molecule has 0 saturated carbocycles. The van der Waals surface area contributed by atoms with Crippen molar-refractivity contribution < 1.29 is 9.18 Å². The molecule has 2 heterocycles. The Labute approximate surface area is 106 Å². The van der Waals surface area contributed by atoms with E-state index in [1.165, 1.54) is 12.3 Å². The van der Waals surface area contributed by atoms with Crippen LogP contribution in [0.3, 0.4) is 0 Å². The molecule has 4 nitrogen and oxygen atoms in total. The Kier molecular flexibility index (Phi) is 3.91. The number of nitrogens with zero attached hydrogens (tertiary/aromatic N) is 3. The fourth-order valence-electron chi connectivity index (χ4n) is 2.36. The summed E-state index contributed by atoms with van der Waals surface area (Å²) < 4.78 is 13.0. The molecule has 1 unspecified atom stereocenters. The Morgan fingerprint density at radius 3 is 3.06 bits per heavy atom. The Morgan fingerprint density at radius 2 is 2.39 bits per heavy atom. The van der Waals surface area contributed by atoms with Crippen molar-refractivity contribution in [1.29, 1.82) is 0 Å². The topological polar surface area (TPSA) is 36.4 Å². The first-order valence-corrected chi connectivity index (χ1v) is 6.15. The summed E-state index contributed by atoms with van der Waals surface area (Å²) in [6.45, 7) is 1.94. The molecule has 98 valence electrons. The Balaban J connectivity index is 2.08. The number of hydrogen-bond donors (Lipinski definition) is 0. The highest BCUT2D eigenvalue weighted by Gasteiger charge is 2.25. The van der Waals surface area contributed by atoms with Gasteiger partial charge in [-0.25, -0.2) is 4.98 Å². The molecule has 0 spiro atoms. The summed E-state index contributed by atoms with van der Waals surface area (Å²) in [5.41, 5.74) is 0.359. The van der Waals surface area contributed by atoms with Crippen molar-refractivity contribution in [3.05, 3.63) is 29.8 Å². The minimum Gasteiger partial charge on any atom is -0.337 e. The highest BCUT2D eigenvalue weighted by Crippen LogP contribution is 2.16. The average Bonchev–Trinajstić information content (AvgIpc) is 2.37. The van der Waals surface area contributed by atoms with Gasteiger partial charge in [-0.2, -0.15) is 4.39 Å². The molecule has 0 bridgehead atoms. The van der Waals surface area contributed by atoms with Crippen molar-refractivity contribution >= 4 is 5.91 Å². The third kappa shape index (κ3) is 2.85. The van der Waals surface area contributed by atoms with Crippen LogP contribution in [0.1, 0.15) is 23.2 Å². The molecule has 1 atom stereocenters. The van der Waals surface area contributed by atoms with Crippen LogP contribution in [-0.2, 0) is 0 Å². The Hall–Kier alpha value is -1.49. The van der Waals surface area contributed by atoms with Crippen molar-refractivity contribution in [2.45, 2.75) is 18.9 Å². The second-order valence-corrected chi connectivity index (χ2v) is 4.84. The second-order valence-electron chi connectivity index (χ2n) is 4.84. The van der Waals surface area contributed by atoms with E-state index in [0.29, 0.717) is 5.56 Å². The van der Waals surface area contributed by atoms with Crippen LogP contribution in [-0.4, -0.2) is 53.9 Å². The number of likely N-dealkylation sites (N-methyl/N-ethyl adjacent to an activating group) is 2. The van der Waals surface area contributed by atoms with Crippen LogP contribution >= 0.6 is 0 Å². The molecule has 0 aliphatic carbocycles. The van der Waals surface area contributed by atoms with E-state index in [0.717, 1.165) is 25.9 Å². The van der Waals surface area contributed by atoms with Gasteiger partial charge in [0.15, 0.2) is 0 Å². The molecule has 18 heavy (non-hydrogen) atoms. The van der Waals surface area contributed by atoms with Crippen molar-refractivity contribution in [2.24, 2.45) is 0 Å². The van der Waals surface area contributed by atoms with Crippen LogP contribution < -0.4 is 0 Å². The van der Waals surface area contributed by atoms with Gasteiger partial charge in [0.05, 0.1) is 0 Å². The SMILES string of the molecule is CN1CCCC(N(C)C(=O)c2ccnc(F)c2)C1. The second kappa shape index (κ2) is 5.44. The maximum absolute atomic E-state index is 13.0. The van der Waals surface area contributed by atoms with E-state index in [1.807, 2.05) is 0 Å². The summed E-state index contributed by atoms with van der Waals surface area (Å²) in [6.07, 6.45) is 3.41. The van der Waals surface area contributed by atoms with Crippen LogP contribution in [0.15, 0.2) is 18.3 Å². The Bertz CT molecular complexity index is 438. The molecule has 1 amide bonds. The first kappa shape index (κ1) is 13.0. The van der Waals surface area contributed by atoms with Crippen LogP contribution in [0.5, 0.6) is 0 Å². The number of halogens is 1. The van der Waals surface area contributed by atoms with E-state index in [2.05, 4.69) is 16.9 Å². The standard InChI is InChI=1S/C13H18FN3O/c1-16-7-3-4-11(9-16)17(2)13(18)10-5-6-15-12(14)8-10/h5-6,8,11H,3-4,7,9H2,1-2H3. The summed E-state index contributed by atoms with van der Waals surface area (Å²) in [5.74, 6) is -0.758. The third-order valence-electron chi connectivity index (χ3n) is 3.44. The maximum Gasteiger partial charge on any atom is 0.254 e. The number of rotatable bonds is 2. The maximum atomic E-state index is 13.0. The molecule has 0 aromatic carbocycles. The lowest BCUT2D eigenvalue weighted by atomic mass is 10.0. The van der Waals surface area contributed by atoms with Gasteiger partial charge in [-0.3, -0.25) is 4.79 Å². The monoisotopic (exact) mass is 251 g/mol. The van der Waals surface area contributed by atoms with Gasteiger partial charge in [-0.1, -0.05) is 0 Å². The third-order valence-corrected chi connectivity index (χ3v) is 3.44. The highest BCUT2D eigenvalue weighted by molar-refractivity contribution is 5.94. The largest absolute Gasteiger partial charge is 0.337 e. The van der Waals surface area contributed by atoms with Crippen molar-refractivity contribution in [2.75, 3.05) is 27.2 Å². The quantitative estimate of drug-likeness (QED) is 0.745. The molecule has 1 saturated heterocycles. The highest BCUT2D eigenvalue weighted by atomic mass is 19.1. The first-order valence-electron chi connectivity index (χ1n) is 6.15. The number of carbonyl (C=O) groups excluding carboxylic acids is 1. The molecule has 2 rings (SSSR count). The van der Waals surface area contributed by atoms with Crippen molar-refractivity contribution in [1.82, 2.24) is 14.8 Å². The van der Waals surface area contributed by atoms with Crippen molar-refractivity contribution in [3.63, 3.8) is 0 Å². The van der Waals surface area contributed by atoms with Gasteiger partial charge in [-0.05, 0) is 32.5 Å². The van der Waals surface area contributed by atoms with Gasteiger partial charge < -0.3 is 9.80 Å². The number of carbonyl (C=O) groups is 1. The van der Waals surface area contributed by atoms with E-state index in [1.54, 1.807) is 18.0 Å². The van der Waals surface area contributed by atoms with Gasteiger partial charge in [0, 0.05) is 37.5 Å². The number of amides is 1. The van der Waals surface area contributed by atoms with Gasteiger partial charge >= 0.3 is 0 Å². The van der Waals surface area contributed by atoms with Crippen LogP contribution in [0, 0.1) is 5.95 Å². The summed E-state index contributed by atoms with van der Waals surface area (Å²) in [5, 5.41) is 0. The molecule has 1 aromatic heterocycles. The molecule has 0 N–H and O–H groups in total. The molecular formula is C13H18FN3O. The van der Waals surface area contributed by atoms with E-state index in [4.69, 9.17) is 0 Å². The lowest BCUT2D eigenvalue weighted by Gasteiger charge is -2.35. The van der Waals surface area contributed by atoms with Crippen LogP contribution in [0.2, 0.25) is 0 Å². The summed E-state index contributed by atoms with van der Waals surface area (Å²) >= 11 is 0. The zero-order chi connectivity index (χ0) is 13.1. The van der Waals surface area contributed by atoms with Gasteiger partial charge in [-0.15, -0.1) is 0 Å². The van der Waals surface area contributed by atoms with Crippen LogP contribution in [0.4, 0.5) is 4.39 Å². The van der Waals surface area contributed by atoms with E-state index >= 15 is 0 Å². The molecule has 1 aliphatic heterocycles. The predicted octanol–water partition coefficient (Wildman–Crippen LogP) is 1.39. The fourth-order valence-corrected chi connectivity index (χ4v) is 2.36. The molecule has 0 radical (unpaired) electrons. The molecule has 1 fully saturated rings. The summed E-state index contributed by atoms with van der Waals surface area (Å²) in [7, 11) is 3.83. The van der Waals surface area contributed by atoms with Crippen LogP contribution in [0.25, 0.3) is 0 Å². The number of likely N-dealkylation sites (tertiary alicyclic amines) is 1. The first-order chi connectivity index (χ1) is 8.58. The van der Waals surface area contributed by atoms with E-state index in [-0.39, 0.29) is 11.9 Å². The number of hydrogen-bond acceptors (Lipinski definition) is 3. The minimum absolute atomic E-state index is 0.142. The van der Waals surface area contributed by atoms with E-state index in [9.17, 15) is 9.18 Å². The zero-order valence-corrected chi connectivity index (χ0v) is 10.8. The number of piperidine rings is 1. The van der Waals surface area contributed by atoms with Gasteiger partial charge in [0.1, 0.15) is 0 Å². The molecular weight excluding hydrogens is 233 g/mol. The summed E-state index contributed by atoms with van der Waals surface area (Å²) in [4.78, 5) is 19.6. The van der Waals surface area contributed by atoms with E-state index < -0.39 is 5.95 Å². The number of pyridine rings is 1. The zero-order valence-electron chi connectivity index (χ0n) is 10.8. The number of aromatic nitrogens is 1. The molecule has 1 aromatic rings. The Morgan fingerprint density at radius 1 is 1.61 bits per heavy atom. The average molecular weight is 251 g/mol. The summed E-state index contributed by atoms with van der Waals surface area (Å²) in [6, 6.07) is 2.94. The van der Waals surface area contributed by atoms with Gasteiger partial charge in [0.25, 0.3) is 5.91 Å². The smallest absolute Gasteiger partial charge is 0.254 e. The molecule has 1 aliphatic rings. The van der Waals surface area contributed by atoms with Crippen molar-refractivity contribution in [3.8, 4) is 0 Å². The molecule has 5 heteroatoms. The normalized spacial score (nSPS) is 20.7. The fraction of sp³-hybridized carbons (Fsp3) is 0.538. The lowest BCUT2D eigenvalue weighted by molar-refractivity contribution is 0.0643.